The first-order valence-electron chi connectivity index (χ1n) is 7.54. The van der Waals surface area contributed by atoms with Gasteiger partial charge in [0.25, 0.3) is 0 Å². The van der Waals surface area contributed by atoms with E-state index in [2.05, 4.69) is 42.3 Å². The largest absolute Gasteiger partial charge is 0.454 e. The van der Waals surface area contributed by atoms with Crippen LogP contribution in [0, 0.1) is 17.8 Å². The number of hydrogen-bond donors (Lipinski definition) is 0. The Kier molecular flexibility index (Phi) is 2.01. The third kappa shape index (κ3) is 1.20. The normalized spacial score (nSPS) is 40.5. The number of hydrogen-bond acceptors (Lipinski definition) is 3. The van der Waals surface area contributed by atoms with Gasteiger partial charge in [0.15, 0.2) is 11.5 Å². The van der Waals surface area contributed by atoms with Gasteiger partial charge in [0.1, 0.15) is 0 Å². The van der Waals surface area contributed by atoms with E-state index in [9.17, 15) is 0 Å². The average molecular weight is 269 g/mol. The maximum absolute atomic E-state index is 5.60. The van der Waals surface area contributed by atoms with Gasteiger partial charge in [-0.3, -0.25) is 0 Å². The van der Waals surface area contributed by atoms with Crippen LogP contribution in [-0.2, 0) is 5.41 Å². The van der Waals surface area contributed by atoms with Crippen molar-refractivity contribution >= 4 is 0 Å². The molecule has 5 rings (SSSR count). The van der Waals surface area contributed by atoms with Gasteiger partial charge in [-0.25, -0.2) is 0 Å². The molecule has 4 unspecified atom stereocenters. The lowest BCUT2D eigenvalue weighted by Crippen LogP contribution is -2.39. The molecule has 3 heteroatoms. The lowest BCUT2D eigenvalue weighted by molar-refractivity contribution is 0.174. The molecular weight excluding hydrogens is 250 g/mol. The topological polar surface area (TPSA) is 21.7 Å². The molecule has 2 fully saturated rings. The maximum atomic E-state index is 5.60. The molecule has 20 heavy (non-hydrogen) atoms. The summed E-state index contributed by atoms with van der Waals surface area (Å²) >= 11 is 0. The van der Waals surface area contributed by atoms with E-state index >= 15 is 0 Å². The van der Waals surface area contributed by atoms with Crippen LogP contribution in [0.3, 0.4) is 0 Å². The number of fused-ring (bicyclic) bond motifs is 6. The zero-order chi connectivity index (χ0) is 13.3. The highest BCUT2D eigenvalue weighted by atomic mass is 16.7. The van der Waals surface area contributed by atoms with Crippen LogP contribution in [0.1, 0.15) is 12.0 Å². The van der Waals surface area contributed by atoms with Crippen LogP contribution in [0.5, 0.6) is 11.5 Å². The molecule has 4 atom stereocenters. The molecule has 1 aromatic rings. The fourth-order valence-electron chi connectivity index (χ4n) is 5.15. The molecule has 3 nitrogen and oxygen atoms in total. The Morgan fingerprint density at radius 1 is 1.20 bits per heavy atom. The van der Waals surface area contributed by atoms with Crippen LogP contribution in [0.25, 0.3) is 0 Å². The monoisotopic (exact) mass is 269 g/mol. The summed E-state index contributed by atoms with van der Waals surface area (Å²) in [5.41, 5.74) is 1.75. The molecule has 2 aliphatic heterocycles. The lowest BCUT2D eigenvalue weighted by atomic mass is 9.66. The van der Waals surface area contributed by atoms with E-state index in [0.717, 1.165) is 23.3 Å². The van der Waals surface area contributed by atoms with Gasteiger partial charge in [-0.05, 0) is 48.9 Å². The molecule has 0 N–H and O–H groups in total. The van der Waals surface area contributed by atoms with Crippen molar-refractivity contribution in [3.8, 4) is 11.5 Å². The zero-order valence-electron chi connectivity index (χ0n) is 11.7. The minimum Gasteiger partial charge on any atom is -0.454 e. The van der Waals surface area contributed by atoms with Gasteiger partial charge in [0.2, 0.25) is 6.79 Å². The van der Waals surface area contributed by atoms with E-state index < -0.39 is 0 Å². The Labute approximate surface area is 119 Å². The number of likely N-dealkylation sites (N-methyl/N-ethyl adjacent to an activating group) is 1. The van der Waals surface area contributed by atoms with E-state index in [-0.39, 0.29) is 0 Å². The molecule has 1 saturated heterocycles. The first-order chi connectivity index (χ1) is 9.77. The molecular formula is C17H19NO2. The standard InChI is InChI=1S/C17H19NO2/c1-18-8-14-11-2-3-12(6-11)17(14,9-18)13-4-5-15-16(7-13)20-10-19-15/h2-5,7,11-12,14H,6,8-10H2,1H3. The summed E-state index contributed by atoms with van der Waals surface area (Å²) in [5, 5.41) is 0. The Balaban J connectivity index is 1.66. The van der Waals surface area contributed by atoms with Crippen LogP contribution < -0.4 is 9.47 Å². The molecule has 1 aromatic carbocycles. The fraction of sp³-hybridized carbons (Fsp3) is 0.529. The minimum absolute atomic E-state index is 0.301. The number of ether oxygens (including phenoxy) is 2. The quantitative estimate of drug-likeness (QED) is 0.731. The van der Waals surface area contributed by atoms with Gasteiger partial charge in [-0.2, -0.15) is 0 Å². The van der Waals surface area contributed by atoms with E-state index in [0.29, 0.717) is 18.1 Å². The predicted molar refractivity (Wildman–Crippen MR) is 76.0 cm³/mol. The maximum Gasteiger partial charge on any atom is 0.231 e. The summed E-state index contributed by atoms with van der Waals surface area (Å²) in [6.45, 7) is 2.75. The molecule has 2 aliphatic carbocycles. The van der Waals surface area contributed by atoms with Crippen molar-refractivity contribution in [3.63, 3.8) is 0 Å². The lowest BCUT2D eigenvalue weighted by Gasteiger charge is -2.37. The highest BCUT2D eigenvalue weighted by Gasteiger charge is 2.60. The van der Waals surface area contributed by atoms with Gasteiger partial charge in [0.05, 0.1) is 0 Å². The first-order valence-corrected chi connectivity index (χ1v) is 7.54. The number of allylic oxidation sites excluding steroid dienone is 2. The first kappa shape index (κ1) is 11.2. The van der Waals surface area contributed by atoms with Crippen LogP contribution in [-0.4, -0.2) is 31.8 Å². The third-order valence-corrected chi connectivity index (χ3v) is 5.91. The second-order valence-electron chi connectivity index (χ2n) is 6.80. The Morgan fingerprint density at radius 3 is 3.05 bits per heavy atom. The summed E-state index contributed by atoms with van der Waals surface area (Å²) in [6.07, 6.45) is 6.26. The fourth-order valence-corrected chi connectivity index (χ4v) is 5.15. The summed E-state index contributed by atoms with van der Waals surface area (Å²) < 4.78 is 11.1. The van der Waals surface area contributed by atoms with Crippen molar-refractivity contribution in [3.05, 3.63) is 35.9 Å². The number of rotatable bonds is 1. The molecule has 0 radical (unpaired) electrons. The van der Waals surface area contributed by atoms with Crippen molar-refractivity contribution in [2.45, 2.75) is 11.8 Å². The second-order valence-corrected chi connectivity index (χ2v) is 6.80. The Hall–Kier alpha value is -1.48. The third-order valence-electron chi connectivity index (χ3n) is 5.91. The summed E-state index contributed by atoms with van der Waals surface area (Å²) in [4.78, 5) is 2.50. The smallest absolute Gasteiger partial charge is 0.231 e. The molecule has 0 spiro atoms. The van der Waals surface area contributed by atoms with Crippen molar-refractivity contribution in [2.75, 3.05) is 26.9 Å². The average Bonchev–Trinajstić information content (AvgIpc) is 3.18. The van der Waals surface area contributed by atoms with E-state index in [4.69, 9.17) is 9.47 Å². The highest BCUT2D eigenvalue weighted by molar-refractivity contribution is 5.49. The zero-order valence-corrected chi connectivity index (χ0v) is 11.7. The van der Waals surface area contributed by atoms with Crippen LogP contribution in [0.15, 0.2) is 30.4 Å². The minimum atomic E-state index is 0.301. The van der Waals surface area contributed by atoms with Crippen molar-refractivity contribution < 1.29 is 9.47 Å². The van der Waals surface area contributed by atoms with Crippen LogP contribution in [0.4, 0.5) is 0 Å². The molecule has 0 aromatic heterocycles. The summed E-state index contributed by atoms with van der Waals surface area (Å²) in [5.74, 6) is 4.06. The van der Waals surface area contributed by atoms with E-state index in [1.54, 1.807) is 0 Å². The number of likely N-dealkylation sites (tertiary alicyclic amines) is 1. The molecule has 4 aliphatic rings. The molecule has 0 amide bonds. The summed E-state index contributed by atoms with van der Waals surface area (Å²) in [7, 11) is 2.26. The van der Waals surface area contributed by atoms with Gasteiger partial charge < -0.3 is 14.4 Å². The van der Waals surface area contributed by atoms with Crippen LogP contribution in [0.2, 0.25) is 0 Å². The summed E-state index contributed by atoms with van der Waals surface area (Å²) in [6, 6.07) is 6.61. The number of nitrogens with zero attached hydrogens (tertiary/aromatic N) is 1. The SMILES string of the molecule is CN1CC2C3C=CC(C3)C2(c2ccc3c(c2)OCO3)C1. The van der Waals surface area contributed by atoms with Gasteiger partial charge in [0, 0.05) is 18.5 Å². The Morgan fingerprint density at radius 2 is 2.10 bits per heavy atom. The molecule has 2 bridgehead atoms. The van der Waals surface area contributed by atoms with Crippen LogP contribution >= 0.6 is 0 Å². The predicted octanol–water partition coefficient (Wildman–Crippen LogP) is 2.42. The second kappa shape index (κ2) is 3.59. The van der Waals surface area contributed by atoms with Crippen molar-refractivity contribution in [2.24, 2.45) is 17.8 Å². The molecule has 104 valence electrons. The molecule has 2 heterocycles. The van der Waals surface area contributed by atoms with E-state index in [1.807, 2.05) is 0 Å². The highest BCUT2D eigenvalue weighted by Crippen LogP contribution is 2.60. The molecule has 1 saturated carbocycles. The van der Waals surface area contributed by atoms with Crippen molar-refractivity contribution in [1.82, 2.24) is 4.90 Å². The Bertz CT molecular complexity index is 611. The van der Waals surface area contributed by atoms with Gasteiger partial charge >= 0.3 is 0 Å². The number of benzene rings is 1. The van der Waals surface area contributed by atoms with Gasteiger partial charge in [-0.15, -0.1) is 0 Å². The van der Waals surface area contributed by atoms with Gasteiger partial charge in [-0.1, -0.05) is 18.2 Å². The van der Waals surface area contributed by atoms with Crippen molar-refractivity contribution in [1.29, 1.82) is 0 Å². The van der Waals surface area contributed by atoms with E-state index in [1.165, 1.54) is 25.1 Å².